The smallest absolute Gasteiger partial charge is 0.167 e. The van der Waals surface area contributed by atoms with E-state index in [2.05, 4.69) is 29.6 Å². The van der Waals surface area contributed by atoms with Gasteiger partial charge in [-0.15, -0.1) is 0 Å². The number of likely N-dealkylation sites (tertiary alicyclic amines) is 1. The Kier molecular flexibility index (Phi) is 4.31. The number of nitrogens with zero attached hydrogens (tertiary/aromatic N) is 5. The number of hydrogen-bond acceptors (Lipinski definition) is 5. The molecule has 0 aliphatic carbocycles. The first kappa shape index (κ1) is 14.2. The van der Waals surface area contributed by atoms with Gasteiger partial charge in [0, 0.05) is 26.0 Å². The lowest BCUT2D eigenvalue weighted by atomic mass is 10.2. The third-order valence-corrected chi connectivity index (χ3v) is 3.96. The van der Waals surface area contributed by atoms with E-state index in [4.69, 9.17) is 4.74 Å². The van der Waals surface area contributed by atoms with Gasteiger partial charge in [-0.05, 0) is 26.3 Å². The number of aryl methyl sites for hydroxylation is 1. The van der Waals surface area contributed by atoms with Crippen molar-refractivity contribution >= 4 is 0 Å². The van der Waals surface area contributed by atoms with E-state index in [-0.39, 0.29) is 0 Å². The fourth-order valence-electron chi connectivity index (χ4n) is 2.88. The Hall–Kier alpha value is -1.73. The molecule has 7 heteroatoms. The number of imidazole rings is 1. The molecule has 2 aromatic heterocycles. The van der Waals surface area contributed by atoms with E-state index < -0.39 is 0 Å². The summed E-state index contributed by atoms with van der Waals surface area (Å²) in [5.74, 6) is 2.85. The Balaban J connectivity index is 1.70. The molecule has 1 saturated heterocycles. The molecule has 0 radical (unpaired) electrons. The lowest BCUT2D eigenvalue weighted by Gasteiger charge is -2.22. The molecule has 0 saturated carbocycles. The molecule has 1 atom stereocenters. The average Bonchev–Trinajstić information content (AvgIpc) is 3.18. The van der Waals surface area contributed by atoms with E-state index in [9.17, 15) is 0 Å². The van der Waals surface area contributed by atoms with Crippen LogP contribution in [0.2, 0.25) is 0 Å². The molecule has 1 fully saturated rings. The minimum absolute atomic E-state index is 0.294. The number of hydrogen-bond donors (Lipinski definition) is 1. The monoisotopic (exact) mass is 290 g/mol. The molecule has 0 aromatic carbocycles. The predicted molar refractivity (Wildman–Crippen MR) is 77.6 cm³/mol. The van der Waals surface area contributed by atoms with Crippen molar-refractivity contribution in [2.75, 3.05) is 20.3 Å². The first-order valence-corrected chi connectivity index (χ1v) is 7.40. The van der Waals surface area contributed by atoms with Crippen LogP contribution in [0.1, 0.15) is 36.4 Å². The largest absolute Gasteiger partial charge is 0.383 e. The fraction of sp³-hybridized carbons (Fsp3) is 0.643. The van der Waals surface area contributed by atoms with Gasteiger partial charge in [-0.25, -0.2) is 9.97 Å². The zero-order valence-electron chi connectivity index (χ0n) is 12.6. The van der Waals surface area contributed by atoms with Crippen molar-refractivity contribution in [1.29, 1.82) is 0 Å². The number of ether oxygens (including phenoxy) is 1. The van der Waals surface area contributed by atoms with Crippen LogP contribution in [0.4, 0.5) is 0 Å². The minimum atomic E-state index is 0.294. The summed E-state index contributed by atoms with van der Waals surface area (Å²) in [6.07, 6.45) is 6.15. The molecule has 1 N–H and O–H groups in total. The number of H-pyrrole nitrogens is 1. The minimum Gasteiger partial charge on any atom is -0.383 e. The van der Waals surface area contributed by atoms with Crippen LogP contribution in [0, 0.1) is 6.92 Å². The third kappa shape index (κ3) is 3.14. The molecular weight excluding hydrogens is 268 g/mol. The molecule has 1 aliphatic rings. The van der Waals surface area contributed by atoms with Crippen molar-refractivity contribution in [1.82, 2.24) is 29.6 Å². The first-order chi connectivity index (χ1) is 10.3. The zero-order chi connectivity index (χ0) is 14.7. The third-order valence-electron chi connectivity index (χ3n) is 3.96. The molecular formula is C14H22N6O. The number of aromatic amines is 1. The number of rotatable bonds is 6. The van der Waals surface area contributed by atoms with Crippen molar-refractivity contribution in [3.8, 4) is 0 Å². The van der Waals surface area contributed by atoms with Crippen LogP contribution in [-0.4, -0.2) is 49.9 Å². The Morgan fingerprint density at radius 3 is 3.14 bits per heavy atom. The van der Waals surface area contributed by atoms with Crippen molar-refractivity contribution in [2.45, 2.75) is 38.9 Å². The normalized spacial score (nSPS) is 19.4. The molecule has 0 amide bonds. The van der Waals surface area contributed by atoms with E-state index in [0.717, 1.165) is 43.5 Å². The summed E-state index contributed by atoms with van der Waals surface area (Å²) in [5.41, 5.74) is 0. The summed E-state index contributed by atoms with van der Waals surface area (Å²) in [6.45, 7) is 5.37. The van der Waals surface area contributed by atoms with Gasteiger partial charge in [0.05, 0.1) is 19.2 Å². The van der Waals surface area contributed by atoms with Crippen LogP contribution in [-0.2, 0) is 17.8 Å². The highest BCUT2D eigenvalue weighted by Gasteiger charge is 2.29. The van der Waals surface area contributed by atoms with E-state index in [1.54, 1.807) is 7.11 Å². The standard InChI is InChI=1S/C14H22N6O/c1-11-16-14(18-17-11)12-4-3-6-20(12)10-13-15-5-7-19(13)8-9-21-2/h5,7,12H,3-4,6,8-10H2,1-2H3,(H,16,17,18)/t12-/m0/s1. The zero-order valence-corrected chi connectivity index (χ0v) is 12.6. The highest BCUT2D eigenvalue weighted by atomic mass is 16.5. The maximum Gasteiger partial charge on any atom is 0.167 e. The van der Waals surface area contributed by atoms with Gasteiger partial charge in [0.25, 0.3) is 0 Å². The second kappa shape index (κ2) is 6.36. The molecule has 3 rings (SSSR count). The summed E-state index contributed by atoms with van der Waals surface area (Å²) < 4.78 is 7.30. The summed E-state index contributed by atoms with van der Waals surface area (Å²) in [5, 5.41) is 7.26. The van der Waals surface area contributed by atoms with E-state index >= 15 is 0 Å². The first-order valence-electron chi connectivity index (χ1n) is 7.40. The summed E-state index contributed by atoms with van der Waals surface area (Å²) in [6, 6.07) is 0.294. The summed E-state index contributed by atoms with van der Waals surface area (Å²) >= 11 is 0. The second-order valence-electron chi connectivity index (χ2n) is 5.44. The fourth-order valence-corrected chi connectivity index (χ4v) is 2.88. The van der Waals surface area contributed by atoms with Gasteiger partial charge in [0.1, 0.15) is 11.6 Å². The van der Waals surface area contributed by atoms with E-state index in [1.807, 2.05) is 19.3 Å². The summed E-state index contributed by atoms with van der Waals surface area (Å²) in [7, 11) is 1.72. The van der Waals surface area contributed by atoms with Crippen molar-refractivity contribution in [3.05, 3.63) is 29.9 Å². The topological polar surface area (TPSA) is 71.9 Å². The van der Waals surface area contributed by atoms with Gasteiger partial charge < -0.3 is 9.30 Å². The highest BCUT2D eigenvalue weighted by Crippen LogP contribution is 2.30. The van der Waals surface area contributed by atoms with Crippen molar-refractivity contribution < 1.29 is 4.74 Å². The van der Waals surface area contributed by atoms with Crippen molar-refractivity contribution in [3.63, 3.8) is 0 Å². The van der Waals surface area contributed by atoms with Crippen LogP contribution in [0.25, 0.3) is 0 Å². The van der Waals surface area contributed by atoms with Crippen molar-refractivity contribution in [2.24, 2.45) is 0 Å². The molecule has 0 unspecified atom stereocenters. The van der Waals surface area contributed by atoms with Crippen LogP contribution >= 0.6 is 0 Å². The molecule has 114 valence electrons. The van der Waals surface area contributed by atoms with Gasteiger partial charge >= 0.3 is 0 Å². The molecule has 1 aliphatic heterocycles. The Morgan fingerprint density at radius 1 is 1.48 bits per heavy atom. The van der Waals surface area contributed by atoms with Crippen LogP contribution in [0.3, 0.4) is 0 Å². The van der Waals surface area contributed by atoms with Gasteiger partial charge in [-0.2, -0.15) is 5.10 Å². The van der Waals surface area contributed by atoms with E-state index in [1.165, 1.54) is 6.42 Å². The average molecular weight is 290 g/mol. The van der Waals surface area contributed by atoms with E-state index in [0.29, 0.717) is 12.6 Å². The SMILES string of the molecule is COCCn1ccnc1CN1CCC[C@H]1c1n[nH]c(C)n1. The molecule has 0 spiro atoms. The Bertz CT molecular complexity index is 578. The maximum absolute atomic E-state index is 5.15. The lowest BCUT2D eigenvalue weighted by Crippen LogP contribution is -2.25. The molecule has 0 bridgehead atoms. The Labute approximate surface area is 124 Å². The van der Waals surface area contributed by atoms with Crippen LogP contribution < -0.4 is 0 Å². The Morgan fingerprint density at radius 2 is 2.38 bits per heavy atom. The highest BCUT2D eigenvalue weighted by molar-refractivity contribution is 5.01. The molecule has 21 heavy (non-hydrogen) atoms. The molecule has 2 aromatic rings. The molecule has 7 nitrogen and oxygen atoms in total. The van der Waals surface area contributed by atoms with Crippen LogP contribution in [0.15, 0.2) is 12.4 Å². The molecule has 3 heterocycles. The number of aromatic nitrogens is 5. The quantitative estimate of drug-likeness (QED) is 0.868. The lowest BCUT2D eigenvalue weighted by molar-refractivity contribution is 0.182. The van der Waals surface area contributed by atoms with Gasteiger partial charge in [-0.3, -0.25) is 10.00 Å². The maximum atomic E-state index is 5.15. The van der Waals surface area contributed by atoms with Gasteiger partial charge in [-0.1, -0.05) is 0 Å². The summed E-state index contributed by atoms with van der Waals surface area (Å²) in [4.78, 5) is 11.4. The predicted octanol–water partition coefficient (Wildman–Crippen LogP) is 1.29. The number of nitrogens with one attached hydrogen (secondary N) is 1. The number of methoxy groups -OCH3 is 1. The van der Waals surface area contributed by atoms with Crippen LogP contribution in [0.5, 0.6) is 0 Å². The second-order valence-corrected chi connectivity index (χ2v) is 5.44. The van der Waals surface area contributed by atoms with Gasteiger partial charge in [0.2, 0.25) is 0 Å². The van der Waals surface area contributed by atoms with Gasteiger partial charge in [0.15, 0.2) is 5.82 Å².